The van der Waals surface area contributed by atoms with E-state index in [-0.39, 0.29) is 51.8 Å². The lowest BCUT2D eigenvalue weighted by Crippen LogP contribution is -2.55. The van der Waals surface area contributed by atoms with Crippen LogP contribution in [-0.2, 0) is 19.7 Å². The SMILES string of the molecule is CCOC(=O)N1CCN(S(=O)(=O)N(CC)CC(=O)N(C)C)CC1. The molecule has 23 heavy (non-hydrogen) atoms. The molecule has 134 valence electrons. The van der Waals surface area contributed by atoms with Gasteiger partial charge in [0.15, 0.2) is 0 Å². The van der Waals surface area contributed by atoms with Crippen LogP contribution in [0.15, 0.2) is 0 Å². The molecule has 0 bridgehead atoms. The molecule has 0 unspecified atom stereocenters. The van der Waals surface area contributed by atoms with E-state index in [0.29, 0.717) is 0 Å². The van der Waals surface area contributed by atoms with Crippen molar-refractivity contribution in [3.63, 3.8) is 0 Å². The van der Waals surface area contributed by atoms with Crippen LogP contribution < -0.4 is 0 Å². The van der Waals surface area contributed by atoms with E-state index >= 15 is 0 Å². The highest BCUT2D eigenvalue weighted by atomic mass is 32.2. The quantitative estimate of drug-likeness (QED) is 0.639. The van der Waals surface area contributed by atoms with E-state index in [9.17, 15) is 18.0 Å². The molecule has 0 atom stereocenters. The average molecular weight is 350 g/mol. The van der Waals surface area contributed by atoms with Gasteiger partial charge < -0.3 is 14.5 Å². The van der Waals surface area contributed by atoms with Crippen LogP contribution in [0.1, 0.15) is 13.8 Å². The highest BCUT2D eigenvalue weighted by Crippen LogP contribution is 2.13. The van der Waals surface area contributed by atoms with E-state index in [2.05, 4.69) is 0 Å². The molecule has 1 heterocycles. The molecular weight excluding hydrogens is 324 g/mol. The number of ether oxygens (including phenoxy) is 1. The maximum atomic E-state index is 12.6. The Hall–Kier alpha value is -1.39. The lowest BCUT2D eigenvalue weighted by atomic mass is 10.4. The van der Waals surface area contributed by atoms with Gasteiger partial charge in [0.05, 0.1) is 13.2 Å². The Balaban J connectivity index is 2.70. The third-order valence-electron chi connectivity index (χ3n) is 3.58. The van der Waals surface area contributed by atoms with Crippen molar-refractivity contribution in [2.45, 2.75) is 13.8 Å². The van der Waals surface area contributed by atoms with Gasteiger partial charge in [-0.25, -0.2) is 4.79 Å². The van der Waals surface area contributed by atoms with Crippen LogP contribution in [0, 0.1) is 0 Å². The minimum absolute atomic E-state index is 0.188. The van der Waals surface area contributed by atoms with Gasteiger partial charge >= 0.3 is 6.09 Å². The summed E-state index contributed by atoms with van der Waals surface area (Å²) in [6, 6.07) is 0. The zero-order valence-electron chi connectivity index (χ0n) is 14.2. The third-order valence-corrected chi connectivity index (χ3v) is 5.64. The van der Waals surface area contributed by atoms with Crippen molar-refractivity contribution in [2.24, 2.45) is 0 Å². The van der Waals surface area contributed by atoms with Gasteiger partial charge in [0.1, 0.15) is 0 Å². The normalized spacial score (nSPS) is 16.5. The number of nitrogens with zero attached hydrogens (tertiary/aromatic N) is 4. The van der Waals surface area contributed by atoms with Crippen molar-refractivity contribution in [2.75, 3.05) is 60.0 Å². The number of hydrogen-bond donors (Lipinski definition) is 0. The van der Waals surface area contributed by atoms with Crippen LogP contribution in [0.2, 0.25) is 0 Å². The molecule has 0 aromatic rings. The van der Waals surface area contributed by atoms with Crippen molar-refractivity contribution in [3.8, 4) is 0 Å². The van der Waals surface area contributed by atoms with Crippen molar-refractivity contribution in [3.05, 3.63) is 0 Å². The van der Waals surface area contributed by atoms with E-state index in [1.165, 1.54) is 14.1 Å². The molecule has 0 aliphatic carbocycles. The first-order valence-electron chi connectivity index (χ1n) is 7.61. The van der Waals surface area contributed by atoms with Crippen LogP contribution >= 0.6 is 0 Å². The highest BCUT2D eigenvalue weighted by molar-refractivity contribution is 7.86. The predicted molar refractivity (Wildman–Crippen MR) is 85.0 cm³/mol. The van der Waals surface area contributed by atoms with Gasteiger partial charge in [-0.2, -0.15) is 17.0 Å². The summed E-state index contributed by atoms with van der Waals surface area (Å²) in [7, 11) is -0.555. The Morgan fingerprint density at radius 2 is 1.65 bits per heavy atom. The van der Waals surface area contributed by atoms with E-state index in [1.54, 1.807) is 27.9 Å². The van der Waals surface area contributed by atoms with Gasteiger partial charge in [-0.05, 0) is 6.92 Å². The first-order chi connectivity index (χ1) is 10.7. The summed E-state index contributed by atoms with van der Waals surface area (Å²) in [5.74, 6) is -0.277. The van der Waals surface area contributed by atoms with Gasteiger partial charge in [0.2, 0.25) is 5.91 Å². The molecule has 1 saturated heterocycles. The van der Waals surface area contributed by atoms with Crippen LogP contribution in [0.4, 0.5) is 4.79 Å². The lowest BCUT2D eigenvalue weighted by Gasteiger charge is -2.36. The fourth-order valence-electron chi connectivity index (χ4n) is 2.13. The van der Waals surface area contributed by atoms with Crippen molar-refractivity contribution in [1.29, 1.82) is 0 Å². The number of piperazine rings is 1. The molecule has 0 spiro atoms. The molecule has 1 rings (SSSR count). The van der Waals surface area contributed by atoms with Gasteiger partial charge in [-0.3, -0.25) is 4.79 Å². The van der Waals surface area contributed by atoms with E-state index in [1.807, 2.05) is 0 Å². The number of carbonyl (C=O) groups is 2. The summed E-state index contributed by atoms with van der Waals surface area (Å²) < 4.78 is 32.6. The van der Waals surface area contributed by atoms with Crippen molar-refractivity contribution >= 4 is 22.2 Å². The Morgan fingerprint density at radius 1 is 1.09 bits per heavy atom. The monoisotopic (exact) mass is 350 g/mol. The topological polar surface area (TPSA) is 90.5 Å². The minimum atomic E-state index is -3.72. The van der Waals surface area contributed by atoms with Crippen LogP contribution in [0.25, 0.3) is 0 Å². The fourth-order valence-corrected chi connectivity index (χ4v) is 3.68. The number of carbonyl (C=O) groups excluding carboxylic acids is 2. The summed E-state index contributed by atoms with van der Waals surface area (Å²) in [4.78, 5) is 26.3. The molecule has 0 radical (unpaired) electrons. The number of amides is 2. The molecule has 2 amide bonds. The molecule has 1 aliphatic rings. The summed E-state index contributed by atoms with van der Waals surface area (Å²) in [6.07, 6.45) is -0.431. The first kappa shape index (κ1) is 19.7. The number of hydrogen-bond acceptors (Lipinski definition) is 5. The number of rotatable bonds is 6. The van der Waals surface area contributed by atoms with Crippen LogP contribution in [0.5, 0.6) is 0 Å². The van der Waals surface area contributed by atoms with Crippen molar-refractivity contribution in [1.82, 2.24) is 18.4 Å². The zero-order valence-corrected chi connectivity index (χ0v) is 15.0. The highest BCUT2D eigenvalue weighted by Gasteiger charge is 2.34. The molecule has 0 N–H and O–H groups in total. The second kappa shape index (κ2) is 8.46. The second-order valence-electron chi connectivity index (χ2n) is 5.31. The van der Waals surface area contributed by atoms with Crippen LogP contribution in [-0.4, -0.2) is 98.8 Å². The van der Waals surface area contributed by atoms with Crippen LogP contribution in [0.3, 0.4) is 0 Å². The van der Waals surface area contributed by atoms with Gasteiger partial charge in [-0.1, -0.05) is 6.92 Å². The largest absolute Gasteiger partial charge is 0.450 e. The molecular formula is C13H26N4O5S. The molecule has 0 aromatic carbocycles. The Kier molecular flexibility index (Phi) is 7.23. The molecule has 10 heteroatoms. The summed E-state index contributed by atoms with van der Waals surface area (Å²) in [5, 5.41) is 0. The predicted octanol–water partition coefficient (Wildman–Crippen LogP) is -0.585. The van der Waals surface area contributed by atoms with E-state index < -0.39 is 16.3 Å². The maximum Gasteiger partial charge on any atom is 0.409 e. The second-order valence-corrected chi connectivity index (χ2v) is 7.24. The maximum absolute atomic E-state index is 12.6. The van der Waals surface area contributed by atoms with E-state index in [0.717, 1.165) is 4.31 Å². The molecule has 1 aliphatic heterocycles. The standard InChI is InChI=1S/C13H26N4O5S/c1-5-16(11-12(18)14(3)4)23(20,21)17-9-7-15(8-10-17)13(19)22-6-2/h5-11H2,1-4H3. The number of likely N-dealkylation sites (N-methyl/N-ethyl adjacent to an activating group) is 2. The first-order valence-corrected chi connectivity index (χ1v) is 9.00. The van der Waals surface area contributed by atoms with E-state index in [4.69, 9.17) is 4.74 Å². The zero-order chi connectivity index (χ0) is 17.6. The summed E-state index contributed by atoms with van der Waals surface area (Å²) in [5.41, 5.74) is 0. The summed E-state index contributed by atoms with van der Waals surface area (Å²) >= 11 is 0. The summed E-state index contributed by atoms with van der Waals surface area (Å²) in [6.45, 7) is 4.64. The minimum Gasteiger partial charge on any atom is -0.450 e. The Bertz CT molecular complexity index is 514. The van der Waals surface area contributed by atoms with Gasteiger partial charge in [-0.15, -0.1) is 0 Å². The molecule has 1 fully saturated rings. The molecule has 9 nitrogen and oxygen atoms in total. The molecule has 0 aromatic heterocycles. The molecule has 0 saturated carbocycles. The smallest absolute Gasteiger partial charge is 0.409 e. The Morgan fingerprint density at radius 3 is 2.09 bits per heavy atom. The Labute approximate surface area is 137 Å². The average Bonchev–Trinajstić information content (AvgIpc) is 2.52. The van der Waals surface area contributed by atoms with Gasteiger partial charge in [0.25, 0.3) is 10.2 Å². The van der Waals surface area contributed by atoms with Crippen molar-refractivity contribution < 1.29 is 22.7 Å². The third kappa shape index (κ3) is 5.05. The fraction of sp³-hybridized carbons (Fsp3) is 0.846. The van der Waals surface area contributed by atoms with Gasteiger partial charge in [0, 0.05) is 46.8 Å². The lowest BCUT2D eigenvalue weighted by molar-refractivity contribution is -0.128.